The highest BCUT2D eigenvalue weighted by atomic mass is 16.7. The van der Waals surface area contributed by atoms with Gasteiger partial charge in [0.25, 0.3) is 0 Å². The van der Waals surface area contributed by atoms with Crippen molar-refractivity contribution in [2.75, 3.05) is 46.2 Å². The number of nitrogens with one attached hydrogen (secondary N) is 1. The molecule has 2 amide bonds. The second-order valence-electron chi connectivity index (χ2n) is 16.9. The van der Waals surface area contributed by atoms with E-state index in [2.05, 4.69) is 18.0 Å². The van der Waals surface area contributed by atoms with E-state index in [-0.39, 0.29) is 88.8 Å². The normalized spacial score (nSPS) is 24.0. The minimum Gasteiger partial charge on any atom is -0.459 e. The summed E-state index contributed by atoms with van der Waals surface area (Å²) in [5.74, 6) is -1.48. The first-order chi connectivity index (χ1) is 30.9. The van der Waals surface area contributed by atoms with Gasteiger partial charge in [0.05, 0.1) is 38.1 Å². The van der Waals surface area contributed by atoms with Crippen molar-refractivity contribution in [1.82, 2.24) is 10.2 Å². The number of rotatable bonds is 24. The van der Waals surface area contributed by atoms with Gasteiger partial charge in [0, 0.05) is 50.1 Å². The minimum absolute atomic E-state index is 0.00813. The largest absolute Gasteiger partial charge is 0.459 e. The summed E-state index contributed by atoms with van der Waals surface area (Å²) in [6, 6.07) is 24.2. The molecule has 2 saturated carbocycles. The zero-order valence-electron chi connectivity index (χ0n) is 36.2. The molecule has 1 aliphatic heterocycles. The lowest BCUT2D eigenvalue weighted by Gasteiger charge is -2.60. The van der Waals surface area contributed by atoms with Crippen molar-refractivity contribution in [2.24, 2.45) is 28.8 Å². The van der Waals surface area contributed by atoms with Gasteiger partial charge in [0.2, 0.25) is 11.7 Å². The number of carbonyl (C=O) groups is 2. The summed E-state index contributed by atoms with van der Waals surface area (Å²) in [6.07, 6.45) is 9.62. The number of aliphatic hydroxyl groups excluding tert-OH is 3. The Hall–Kier alpha value is -5.05. The molecule has 0 spiro atoms. The molecule has 4 N–H and O–H groups in total. The second kappa shape index (κ2) is 22.5. The molecule has 2 fully saturated rings. The second-order valence-corrected chi connectivity index (χ2v) is 16.9. The predicted octanol–water partition coefficient (Wildman–Crippen LogP) is 7.06. The minimum atomic E-state index is -1.43. The molecule has 13 nitrogen and oxygen atoms in total. The molecule has 7 rings (SSSR count). The SMILES string of the molecule is C=CCOC12Oc3ccc(OC(=O)NCc4ccccc4)cc3C3C(CCCCO)C(CCCCO)C=C(C(=NOCc4ccccc4)CC1N(CCOCCO)C(=O)C1CC1)C32. The van der Waals surface area contributed by atoms with Gasteiger partial charge >= 0.3 is 6.09 Å². The molecule has 1 heterocycles. The molecule has 0 saturated heterocycles. The van der Waals surface area contributed by atoms with Crippen molar-refractivity contribution in [3.63, 3.8) is 0 Å². The van der Waals surface area contributed by atoms with Crippen LogP contribution in [0.3, 0.4) is 0 Å². The number of hydrogen-bond acceptors (Lipinski definition) is 11. The first kappa shape index (κ1) is 46.0. The molecular formula is C50H63N3O10. The van der Waals surface area contributed by atoms with Crippen molar-refractivity contribution >= 4 is 17.7 Å². The van der Waals surface area contributed by atoms with Gasteiger partial charge in [-0.2, -0.15) is 0 Å². The summed E-state index contributed by atoms with van der Waals surface area (Å²) in [5.41, 5.74) is 4.34. The molecule has 3 aromatic carbocycles. The number of fused-ring (bicyclic) bond motifs is 2. The number of oxime groups is 1. The summed E-state index contributed by atoms with van der Waals surface area (Å²) in [6.45, 7) is 5.27. The van der Waals surface area contributed by atoms with Gasteiger partial charge in [-0.15, -0.1) is 6.58 Å². The van der Waals surface area contributed by atoms with Gasteiger partial charge in [-0.1, -0.05) is 90.8 Å². The lowest BCUT2D eigenvalue weighted by atomic mass is 9.55. The standard InChI is InChI=1S/C50H63N3O10/c1-2-27-60-50-45(53(23-28-59-29-26-56)48(57)37-19-20-37)32-43(52-61-34-36-15-7-4-8-16-36)41-30-38(17-9-11-24-54)40(18-10-12-25-55)46(47(41)50)42-31-39(21-22-44(42)63-50)62-49(58)51-33-35-13-5-3-6-14-35/h2-8,13-16,21-22,30-31,37-38,40,45-47,54-56H,1,9-12,17-20,23-29,32-34H2,(H,51,58). The highest BCUT2D eigenvalue weighted by molar-refractivity contribution is 6.03. The van der Waals surface area contributed by atoms with E-state index in [0.29, 0.717) is 36.6 Å². The van der Waals surface area contributed by atoms with Gasteiger partial charge in [0.1, 0.15) is 24.1 Å². The molecule has 6 atom stereocenters. The fourth-order valence-electron chi connectivity index (χ4n) is 9.70. The number of carbonyl (C=O) groups excluding carboxylic acids is 2. The van der Waals surface area contributed by atoms with Gasteiger partial charge in [-0.05, 0) is 85.3 Å². The highest BCUT2D eigenvalue weighted by Crippen LogP contribution is 2.62. The number of aliphatic hydroxyl groups is 3. The maximum atomic E-state index is 14.6. The van der Waals surface area contributed by atoms with Crippen LogP contribution in [0.25, 0.3) is 0 Å². The average molecular weight is 866 g/mol. The Kier molecular flexibility index (Phi) is 16.4. The molecule has 3 aliphatic carbocycles. The number of ether oxygens (including phenoxy) is 4. The quantitative estimate of drug-likeness (QED) is 0.0416. The van der Waals surface area contributed by atoms with Crippen LogP contribution >= 0.6 is 0 Å². The molecule has 63 heavy (non-hydrogen) atoms. The first-order valence-electron chi connectivity index (χ1n) is 22.6. The van der Waals surface area contributed by atoms with Crippen LogP contribution in [0.5, 0.6) is 11.5 Å². The Morgan fingerprint density at radius 1 is 0.905 bits per heavy atom. The summed E-state index contributed by atoms with van der Waals surface area (Å²) in [4.78, 5) is 35.9. The number of hydrogen-bond donors (Lipinski definition) is 4. The van der Waals surface area contributed by atoms with E-state index in [1.807, 2.05) is 77.7 Å². The number of amides is 2. The van der Waals surface area contributed by atoms with Crippen LogP contribution in [0.1, 0.15) is 80.4 Å². The lowest BCUT2D eigenvalue weighted by molar-refractivity contribution is -0.258. The number of allylic oxidation sites excluding steroid dienone is 1. The van der Waals surface area contributed by atoms with E-state index in [4.69, 9.17) is 28.9 Å². The predicted molar refractivity (Wildman–Crippen MR) is 238 cm³/mol. The van der Waals surface area contributed by atoms with Crippen LogP contribution in [0, 0.1) is 23.7 Å². The number of unbranched alkanes of at least 4 members (excludes halogenated alkanes) is 2. The Balaban J connectivity index is 1.37. The maximum absolute atomic E-state index is 14.6. The first-order valence-corrected chi connectivity index (χ1v) is 22.6. The van der Waals surface area contributed by atoms with E-state index in [1.54, 1.807) is 12.1 Å². The van der Waals surface area contributed by atoms with Crippen molar-refractivity contribution in [3.8, 4) is 11.5 Å². The van der Waals surface area contributed by atoms with E-state index in [0.717, 1.165) is 60.8 Å². The molecule has 0 radical (unpaired) electrons. The third kappa shape index (κ3) is 11.2. The molecule has 4 aliphatic rings. The highest BCUT2D eigenvalue weighted by Gasteiger charge is 2.66. The van der Waals surface area contributed by atoms with E-state index >= 15 is 0 Å². The van der Waals surface area contributed by atoms with Crippen LogP contribution in [0.2, 0.25) is 0 Å². The zero-order valence-corrected chi connectivity index (χ0v) is 36.2. The van der Waals surface area contributed by atoms with Crippen LogP contribution in [0.4, 0.5) is 4.79 Å². The monoisotopic (exact) mass is 865 g/mol. The van der Waals surface area contributed by atoms with Gasteiger partial charge < -0.3 is 49.3 Å². The zero-order chi connectivity index (χ0) is 44.0. The summed E-state index contributed by atoms with van der Waals surface area (Å²) in [5, 5.41) is 37.2. The maximum Gasteiger partial charge on any atom is 0.412 e. The van der Waals surface area contributed by atoms with Gasteiger partial charge in [-0.25, -0.2) is 4.79 Å². The van der Waals surface area contributed by atoms with Crippen LogP contribution in [0.15, 0.2) is 108 Å². The van der Waals surface area contributed by atoms with Gasteiger partial charge in [0.15, 0.2) is 0 Å². The molecule has 3 aromatic rings. The lowest BCUT2D eigenvalue weighted by Crippen LogP contribution is -2.70. The Morgan fingerprint density at radius 2 is 1.63 bits per heavy atom. The smallest absolute Gasteiger partial charge is 0.412 e. The van der Waals surface area contributed by atoms with E-state index in [1.165, 1.54) is 0 Å². The molecule has 338 valence electrons. The molecular weight excluding hydrogens is 803 g/mol. The molecule has 0 bridgehead atoms. The van der Waals surface area contributed by atoms with Gasteiger partial charge in [-0.3, -0.25) is 4.79 Å². The summed E-state index contributed by atoms with van der Waals surface area (Å²) < 4.78 is 26.1. The third-order valence-electron chi connectivity index (χ3n) is 12.7. The van der Waals surface area contributed by atoms with Crippen molar-refractivity contribution < 1.29 is 48.7 Å². The molecule has 13 heteroatoms. The topological polar surface area (TPSA) is 169 Å². The average Bonchev–Trinajstić information content (AvgIpc) is 4.16. The summed E-state index contributed by atoms with van der Waals surface area (Å²) in [7, 11) is 0. The Labute approximate surface area is 370 Å². The molecule has 6 unspecified atom stereocenters. The van der Waals surface area contributed by atoms with Crippen LogP contribution in [-0.2, 0) is 32.3 Å². The Morgan fingerprint density at radius 3 is 2.33 bits per heavy atom. The van der Waals surface area contributed by atoms with E-state index < -0.39 is 23.8 Å². The number of benzene rings is 3. The summed E-state index contributed by atoms with van der Waals surface area (Å²) >= 11 is 0. The van der Waals surface area contributed by atoms with Crippen LogP contribution < -0.4 is 14.8 Å². The van der Waals surface area contributed by atoms with Crippen LogP contribution in [-0.4, -0.2) is 95.9 Å². The fourth-order valence-corrected chi connectivity index (χ4v) is 9.70. The van der Waals surface area contributed by atoms with Crippen molar-refractivity contribution in [3.05, 3.63) is 120 Å². The molecule has 0 aromatic heterocycles. The van der Waals surface area contributed by atoms with Crippen molar-refractivity contribution in [1.29, 1.82) is 0 Å². The Bertz CT molecular complexity index is 2020. The van der Waals surface area contributed by atoms with Crippen molar-refractivity contribution in [2.45, 2.75) is 88.7 Å². The van der Waals surface area contributed by atoms with E-state index in [9.17, 15) is 24.9 Å². The fraction of sp³-hybridized carbons (Fsp3) is 0.500. The third-order valence-corrected chi connectivity index (χ3v) is 12.7. The number of nitrogens with zero attached hydrogens (tertiary/aromatic N) is 2.